The zero-order chi connectivity index (χ0) is 22.8. The summed E-state index contributed by atoms with van der Waals surface area (Å²) in [4.78, 5) is 0. The monoisotopic (exact) mass is 430 g/mol. The summed E-state index contributed by atoms with van der Waals surface area (Å²) >= 11 is 0. The van der Waals surface area contributed by atoms with Gasteiger partial charge in [0.2, 0.25) is 0 Å². The van der Waals surface area contributed by atoms with Gasteiger partial charge in [-0.15, -0.1) is 0 Å². The van der Waals surface area contributed by atoms with Crippen LogP contribution in [0.15, 0.2) is 23.8 Å². The van der Waals surface area contributed by atoms with E-state index in [9.17, 15) is 15.3 Å². The topological polar surface area (TPSA) is 60.7 Å². The van der Waals surface area contributed by atoms with E-state index in [4.69, 9.17) is 0 Å². The van der Waals surface area contributed by atoms with Gasteiger partial charge in [0, 0.05) is 11.8 Å². The fourth-order valence-electron chi connectivity index (χ4n) is 8.16. The summed E-state index contributed by atoms with van der Waals surface area (Å²) in [6.45, 7) is 14.0. The van der Waals surface area contributed by atoms with Gasteiger partial charge in [0.25, 0.3) is 0 Å². The minimum absolute atomic E-state index is 0.271. The highest BCUT2D eigenvalue weighted by Crippen LogP contribution is 2.67. The van der Waals surface area contributed by atoms with Crippen LogP contribution in [-0.4, -0.2) is 33.1 Å². The molecule has 4 aliphatic carbocycles. The number of rotatable bonds is 4. The van der Waals surface area contributed by atoms with Crippen molar-refractivity contribution >= 4 is 0 Å². The minimum atomic E-state index is -1.20. The largest absolute Gasteiger partial charge is 0.393 e. The highest BCUT2D eigenvalue weighted by atomic mass is 16.3. The zero-order valence-electron chi connectivity index (χ0n) is 20.6. The molecule has 0 spiro atoms. The summed E-state index contributed by atoms with van der Waals surface area (Å²) in [6, 6.07) is 0. The summed E-state index contributed by atoms with van der Waals surface area (Å²) in [7, 11) is 0. The van der Waals surface area contributed by atoms with E-state index in [0.29, 0.717) is 41.9 Å². The van der Waals surface area contributed by atoms with E-state index < -0.39 is 17.8 Å². The molecule has 3 heteroatoms. The lowest BCUT2D eigenvalue weighted by Gasteiger charge is -2.62. The van der Waals surface area contributed by atoms with Gasteiger partial charge in [-0.25, -0.2) is 0 Å². The van der Waals surface area contributed by atoms with Crippen LogP contribution < -0.4 is 0 Å². The van der Waals surface area contributed by atoms with Crippen LogP contribution in [0.2, 0.25) is 0 Å². The van der Waals surface area contributed by atoms with E-state index in [1.165, 1.54) is 24.8 Å². The minimum Gasteiger partial charge on any atom is -0.393 e. The molecule has 0 heterocycles. The summed E-state index contributed by atoms with van der Waals surface area (Å²) < 4.78 is 0. The Hall–Kier alpha value is -0.640. The first kappa shape index (κ1) is 23.5. The number of hydrogen-bond acceptors (Lipinski definition) is 3. The Morgan fingerprint density at radius 1 is 0.935 bits per heavy atom. The molecule has 3 unspecified atom stereocenters. The Morgan fingerprint density at radius 2 is 1.65 bits per heavy atom. The van der Waals surface area contributed by atoms with Crippen molar-refractivity contribution in [1.82, 2.24) is 0 Å². The maximum absolute atomic E-state index is 11.6. The van der Waals surface area contributed by atoms with Crippen molar-refractivity contribution in [3.8, 4) is 0 Å². The maximum atomic E-state index is 11.6. The third-order valence-electron chi connectivity index (χ3n) is 10.7. The lowest BCUT2D eigenvalue weighted by molar-refractivity contribution is -0.210. The molecule has 4 rings (SSSR count). The van der Waals surface area contributed by atoms with Crippen LogP contribution in [0.1, 0.15) is 86.5 Å². The number of allylic oxidation sites excluding steroid dienone is 3. The van der Waals surface area contributed by atoms with Crippen molar-refractivity contribution in [2.45, 2.75) is 104 Å². The zero-order valence-corrected chi connectivity index (χ0v) is 20.6. The summed E-state index contributed by atoms with van der Waals surface area (Å²) in [6.07, 6.45) is 12.1. The van der Waals surface area contributed by atoms with Crippen LogP contribution in [0.5, 0.6) is 0 Å². The van der Waals surface area contributed by atoms with E-state index in [1.54, 1.807) is 0 Å². The van der Waals surface area contributed by atoms with E-state index >= 15 is 0 Å². The normalized spacial score (nSPS) is 49.4. The van der Waals surface area contributed by atoms with Gasteiger partial charge >= 0.3 is 0 Å². The number of aliphatic hydroxyl groups is 3. The molecule has 31 heavy (non-hydrogen) atoms. The molecule has 4 aliphatic rings. The highest BCUT2D eigenvalue weighted by molar-refractivity contribution is 5.33. The molecule has 0 bridgehead atoms. The van der Waals surface area contributed by atoms with Crippen LogP contribution in [0, 0.1) is 46.3 Å². The van der Waals surface area contributed by atoms with Crippen LogP contribution in [-0.2, 0) is 0 Å². The van der Waals surface area contributed by atoms with E-state index in [1.807, 2.05) is 6.08 Å². The average Bonchev–Trinajstić information content (AvgIpc) is 3.05. The average molecular weight is 431 g/mol. The Kier molecular flexibility index (Phi) is 6.06. The smallest absolute Gasteiger partial charge is 0.102 e. The van der Waals surface area contributed by atoms with Gasteiger partial charge in [0.05, 0.1) is 6.10 Å². The van der Waals surface area contributed by atoms with E-state index in [0.717, 1.165) is 19.3 Å². The van der Waals surface area contributed by atoms with Crippen LogP contribution in [0.3, 0.4) is 0 Å². The molecule has 0 aliphatic heterocycles. The predicted molar refractivity (Wildman–Crippen MR) is 126 cm³/mol. The van der Waals surface area contributed by atoms with Crippen LogP contribution in [0.25, 0.3) is 0 Å². The van der Waals surface area contributed by atoms with Gasteiger partial charge in [0.15, 0.2) is 0 Å². The molecule has 0 radical (unpaired) electrons. The Labute approximate surface area is 190 Å². The second-order valence-corrected chi connectivity index (χ2v) is 12.5. The molecule has 0 amide bonds. The quantitative estimate of drug-likeness (QED) is 0.516. The molecule has 0 aromatic heterocycles. The first-order chi connectivity index (χ1) is 14.4. The first-order valence-corrected chi connectivity index (χ1v) is 12.9. The Bertz CT molecular complexity index is 741. The Balaban J connectivity index is 1.61. The summed E-state index contributed by atoms with van der Waals surface area (Å²) in [5.41, 5.74) is 0.160. The van der Waals surface area contributed by atoms with Gasteiger partial charge in [-0.1, -0.05) is 65.3 Å². The van der Waals surface area contributed by atoms with Gasteiger partial charge in [-0.05, 0) is 79.4 Å². The lowest BCUT2D eigenvalue weighted by Crippen LogP contribution is -2.65. The molecule has 0 aromatic carbocycles. The number of fused-ring (bicyclic) bond motifs is 5. The van der Waals surface area contributed by atoms with Crippen molar-refractivity contribution in [1.29, 1.82) is 0 Å². The van der Waals surface area contributed by atoms with Crippen LogP contribution >= 0.6 is 0 Å². The van der Waals surface area contributed by atoms with E-state index in [-0.39, 0.29) is 10.8 Å². The SMILES string of the molecule is CC(C)[C@@H](C)C=C[C@@H](C)[C@H]1CC[C@H]2C3=CC(O)C4(O)CC(O)CC[C@]4(C)[C@H]3CC[C@]12C. The van der Waals surface area contributed by atoms with Crippen molar-refractivity contribution in [3.63, 3.8) is 0 Å². The number of aliphatic hydroxyl groups excluding tert-OH is 2. The lowest BCUT2D eigenvalue weighted by atomic mass is 9.45. The van der Waals surface area contributed by atoms with E-state index in [2.05, 4.69) is 53.7 Å². The third kappa shape index (κ3) is 3.49. The van der Waals surface area contributed by atoms with Crippen molar-refractivity contribution in [2.24, 2.45) is 46.3 Å². The Morgan fingerprint density at radius 3 is 2.32 bits per heavy atom. The second kappa shape index (κ2) is 7.99. The maximum Gasteiger partial charge on any atom is 0.102 e. The van der Waals surface area contributed by atoms with Crippen molar-refractivity contribution in [2.75, 3.05) is 0 Å². The third-order valence-corrected chi connectivity index (χ3v) is 10.7. The van der Waals surface area contributed by atoms with Gasteiger partial charge < -0.3 is 15.3 Å². The van der Waals surface area contributed by atoms with Gasteiger partial charge in [-0.3, -0.25) is 0 Å². The molecule has 3 fully saturated rings. The first-order valence-electron chi connectivity index (χ1n) is 12.9. The van der Waals surface area contributed by atoms with Crippen molar-refractivity contribution in [3.05, 3.63) is 23.8 Å². The van der Waals surface area contributed by atoms with Gasteiger partial charge in [0.1, 0.15) is 11.7 Å². The summed E-state index contributed by atoms with van der Waals surface area (Å²) in [5.74, 6) is 3.37. The fourth-order valence-corrected chi connectivity index (χ4v) is 8.16. The fraction of sp³-hybridized carbons (Fsp3) is 0.857. The molecule has 0 aromatic rings. The number of hydrogen-bond donors (Lipinski definition) is 3. The molecule has 3 nitrogen and oxygen atoms in total. The van der Waals surface area contributed by atoms with Crippen LogP contribution in [0.4, 0.5) is 0 Å². The molecule has 10 atom stereocenters. The molecule has 176 valence electrons. The molecule has 0 saturated heterocycles. The van der Waals surface area contributed by atoms with Crippen molar-refractivity contribution < 1.29 is 15.3 Å². The van der Waals surface area contributed by atoms with Gasteiger partial charge in [-0.2, -0.15) is 0 Å². The molecular formula is C28H46O3. The standard InChI is InChI=1S/C28H46O3/c1-17(2)18(3)7-8-19(4)22-9-10-23-21-15-25(30)28(31)16-20(29)11-14-27(28,6)24(21)12-13-26(22,23)5/h7-8,15,17-20,22-25,29-31H,9-14,16H2,1-6H3/t18-,19+,20?,22+,23-,24-,25?,26+,27+,28?/m0/s1. The highest BCUT2D eigenvalue weighted by Gasteiger charge is 2.64. The molecule has 3 saturated carbocycles. The molecular weight excluding hydrogens is 384 g/mol. The summed E-state index contributed by atoms with van der Waals surface area (Å²) in [5, 5.41) is 32.9. The molecule has 3 N–H and O–H groups in total. The predicted octanol–water partition coefficient (Wildman–Crippen LogP) is 5.50. The second-order valence-electron chi connectivity index (χ2n) is 12.5.